The Morgan fingerprint density at radius 2 is 1.87 bits per heavy atom. The Balaban J connectivity index is 2.50. The van der Waals surface area contributed by atoms with Crippen molar-refractivity contribution in [2.24, 2.45) is 0 Å². The Labute approximate surface area is 112 Å². The predicted octanol–water partition coefficient (Wildman–Crippen LogP) is 4.77. The second kappa shape index (κ2) is 4.64. The zero-order valence-electron chi connectivity index (χ0n) is 8.49. The van der Waals surface area contributed by atoms with Gasteiger partial charge in [-0.05, 0) is 63.3 Å². The molecule has 2 rings (SSSR count). The number of rotatable bonds is 1. The summed E-state index contributed by atoms with van der Waals surface area (Å²) in [5, 5.41) is 0.820. The Hall–Kier alpha value is 0.270. The van der Waals surface area contributed by atoms with Crippen molar-refractivity contribution in [3.63, 3.8) is 0 Å². The molecule has 4 heteroatoms. The van der Waals surface area contributed by atoms with Crippen LogP contribution in [0.3, 0.4) is 0 Å². The van der Waals surface area contributed by atoms with Gasteiger partial charge in [0.2, 0.25) is 0 Å². The van der Waals surface area contributed by atoms with E-state index in [0.717, 1.165) is 32.6 Å². The number of hydrogen-bond acceptors (Lipinski definition) is 1. The molecule has 1 saturated heterocycles. The minimum atomic E-state index is 0.820. The van der Waals surface area contributed by atoms with E-state index in [1.165, 1.54) is 18.5 Å². The second-order valence-corrected chi connectivity index (χ2v) is 5.87. The number of benzene rings is 1. The van der Waals surface area contributed by atoms with Gasteiger partial charge in [-0.2, -0.15) is 0 Å². The van der Waals surface area contributed by atoms with E-state index >= 15 is 0 Å². The number of nitrogens with zero attached hydrogens (tertiary/aromatic N) is 1. The van der Waals surface area contributed by atoms with E-state index < -0.39 is 0 Å². The zero-order valence-corrected chi connectivity index (χ0v) is 12.4. The lowest BCUT2D eigenvalue weighted by molar-refractivity contribution is 0.949. The van der Waals surface area contributed by atoms with Crippen molar-refractivity contribution in [2.75, 3.05) is 18.0 Å². The van der Waals surface area contributed by atoms with Crippen LogP contribution in [0.5, 0.6) is 0 Å². The lowest BCUT2D eigenvalue weighted by Gasteiger charge is -2.22. The quantitative estimate of drug-likeness (QED) is 0.657. The van der Waals surface area contributed by atoms with E-state index in [1.807, 2.05) is 6.92 Å². The Kier molecular flexibility index (Phi) is 3.63. The Morgan fingerprint density at radius 1 is 1.27 bits per heavy atom. The topological polar surface area (TPSA) is 3.24 Å². The van der Waals surface area contributed by atoms with Gasteiger partial charge in [0.05, 0.1) is 15.2 Å². The first-order chi connectivity index (χ1) is 7.11. The maximum absolute atomic E-state index is 6.24. The summed E-state index contributed by atoms with van der Waals surface area (Å²) in [6, 6.07) is 2.08. The first-order valence-electron chi connectivity index (χ1n) is 5.00. The molecule has 15 heavy (non-hydrogen) atoms. The average Bonchev–Trinajstić information content (AvgIpc) is 2.68. The molecule has 1 nitrogen and oxygen atoms in total. The van der Waals surface area contributed by atoms with Gasteiger partial charge in [-0.15, -0.1) is 0 Å². The summed E-state index contributed by atoms with van der Waals surface area (Å²) in [5.41, 5.74) is 2.29. The molecule has 1 aliphatic heterocycles. The molecule has 0 N–H and O–H groups in total. The number of anilines is 1. The van der Waals surface area contributed by atoms with Crippen LogP contribution in [-0.2, 0) is 0 Å². The molecule has 1 aromatic rings. The molecule has 1 aliphatic rings. The van der Waals surface area contributed by atoms with Gasteiger partial charge in [-0.25, -0.2) is 0 Å². The highest BCUT2D eigenvalue weighted by atomic mass is 79.9. The summed E-state index contributed by atoms with van der Waals surface area (Å²) >= 11 is 13.4. The van der Waals surface area contributed by atoms with Crippen LogP contribution in [0.25, 0.3) is 0 Å². The van der Waals surface area contributed by atoms with Crippen molar-refractivity contribution in [1.29, 1.82) is 0 Å². The highest BCUT2D eigenvalue weighted by molar-refractivity contribution is 9.11. The molecule has 0 radical (unpaired) electrons. The SMILES string of the molecule is Cc1cc(Br)c(N2CCCC2)c(Br)c1Cl. The highest BCUT2D eigenvalue weighted by Crippen LogP contribution is 2.42. The average molecular weight is 353 g/mol. The van der Waals surface area contributed by atoms with Gasteiger partial charge in [0, 0.05) is 17.6 Å². The van der Waals surface area contributed by atoms with Crippen LogP contribution in [-0.4, -0.2) is 13.1 Å². The molecule has 0 spiro atoms. The molecule has 0 unspecified atom stereocenters. The predicted molar refractivity (Wildman–Crippen MR) is 73.0 cm³/mol. The maximum Gasteiger partial charge on any atom is 0.0670 e. The van der Waals surface area contributed by atoms with Crippen LogP contribution < -0.4 is 4.90 Å². The fourth-order valence-electron chi connectivity index (χ4n) is 1.93. The van der Waals surface area contributed by atoms with Crippen LogP contribution in [0.2, 0.25) is 5.02 Å². The summed E-state index contributed by atoms with van der Waals surface area (Å²) in [4.78, 5) is 2.37. The third-order valence-electron chi connectivity index (χ3n) is 2.74. The smallest absolute Gasteiger partial charge is 0.0670 e. The van der Waals surface area contributed by atoms with Crippen LogP contribution >= 0.6 is 43.5 Å². The van der Waals surface area contributed by atoms with Crippen LogP contribution in [0.4, 0.5) is 5.69 Å². The van der Waals surface area contributed by atoms with Gasteiger partial charge in [0.25, 0.3) is 0 Å². The van der Waals surface area contributed by atoms with Gasteiger partial charge in [0.1, 0.15) is 0 Å². The van der Waals surface area contributed by atoms with E-state index in [2.05, 4.69) is 42.8 Å². The standard InChI is InChI=1S/C11H12Br2ClN/c1-7-6-8(12)11(9(13)10(7)14)15-4-2-3-5-15/h6H,2-5H2,1H3. The molecule has 1 fully saturated rings. The normalized spacial score (nSPS) is 16.1. The number of halogens is 3. The molecular weight excluding hydrogens is 341 g/mol. The third-order valence-corrected chi connectivity index (χ3v) is 4.83. The minimum Gasteiger partial charge on any atom is -0.370 e. The zero-order chi connectivity index (χ0) is 11.0. The van der Waals surface area contributed by atoms with E-state index in [0.29, 0.717) is 0 Å². The van der Waals surface area contributed by atoms with Crippen molar-refractivity contribution in [2.45, 2.75) is 19.8 Å². The van der Waals surface area contributed by atoms with E-state index in [1.54, 1.807) is 0 Å². The fourth-order valence-corrected chi connectivity index (χ4v) is 3.91. The van der Waals surface area contributed by atoms with Crippen molar-refractivity contribution in [3.05, 3.63) is 25.6 Å². The van der Waals surface area contributed by atoms with Crippen LogP contribution in [0.1, 0.15) is 18.4 Å². The lowest BCUT2D eigenvalue weighted by atomic mass is 10.2. The summed E-state index contributed by atoms with van der Waals surface area (Å²) in [6.07, 6.45) is 2.54. The molecule has 0 aliphatic carbocycles. The molecule has 1 heterocycles. The lowest BCUT2D eigenvalue weighted by Crippen LogP contribution is -2.18. The highest BCUT2D eigenvalue weighted by Gasteiger charge is 2.20. The van der Waals surface area contributed by atoms with Gasteiger partial charge in [-0.1, -0.05) is 11.6 Å². The first kappa shape index (κ1) is 11.7. The molecule has 1 aromatic carbocycles. The van der Waals surface area contributed by atoms with E-state index in [9.17, 15) is 0 Å². The molecule has 0 bridgehead atoms. The first-order valence-corrected chi connectivity index (χ1v) is 6.96. The van der Waals surface area contributed by atoms with Gasteiger partial charge in [0.15, 0.2) is 0 Å². The second-order valence-electron chi connectivity index (χ2n) is 3.85. The number of aryl methyl sites for hydroxylation is 1. The van der Waals surface area contributed by atoms with Crippen molar-refractivity contribution >= 4 is 49.1 Å². The Bertz CT molecular complexity index is 387. The molecule has 82 valence electrons. The monoisotopic (exact) mass is 351 g/mol. The fraction of sp³-hybridized carbons (Fsp3) is 0.455. The van der Waals surface area contributed by atoms with Gasteiger partial charge >= 0.3 is 0 Å². The molecule has 0 aromatic heterocycles. The third kappa shape index (κ3) is 2.20. The molecule has 0 amide bonds. The summed E-state index contributed by atoms with van der Waals surface area (Å²) in [5.74, 6) is 0. The molecule has 0 saturated carbocycles. The van der Waals surface area contributed by atoms with Crippen LogP contribution in [0, 0.1) is 6.92 Å². The van der Waals surface area contributed by atoms with Crippen molar-refractivity contribution in [3.8, 4) is 0 Å². The summed E-state index contributed by atoms with van der Waals surface area (Å²) in [6.45, 7) is 4.26. The summed E-state index contributed by atoms with van der Waals surface area (Å²) < 4.78 is 2.14. The minimum absolute atomic E-state index is 0.820. The Morgan fingerprint density at radius 3 is 2.47 bits per heavy atom. The maximum atomic E-state index is 6.24. The van der Waals surface area contributed by atoms with Gasteiger partial charge in [-0.3, -0.25) is 0 Å². The van der Waals surface area contributed by atoms with Gasteiger partial charge < -0.3 is 4.90 Å². The largest absolute Gasteiger partial charge is 0.370 e. The number of hydrogen-bond donors (Lipinski definition) is 0. The molecular formula is C11H12Br2ClN. The van der Waals surface area contributed by atoms with E-state index in [-0.39, 0.29) is 0 Å². The van der Waals surface area contributed by atoms with E-state index in [4.69, 9.17) is 11.6 Å². The van der Waals surface area contributed by atoms with Crippen LogP contribution in [0.15, 0.2) is 15.0 Å². The van der Waals surface area contributed by atoms with Crippen molar-refractivity contribution < 1.29 is 0 Å². The summed E-state index contributed by atoms with van der Waals surface area (Å²) in [7, 11) is 0. The van der Waals surface area contributed by atoms with Crippen molar-refractivity contribution in [1.82, 2.24) is 0 Å². The molecule has 0 atom stereocenters.